The number of aromatic hydroxyl groups is 1. The highest BCUT2D eigenvalue weighted by Gasteiger charge is 2.23. The van der Waals surface area contributed by atoms with Gasteiger partial charge in [0.15, 0.2) is 0 Å². The number of esters is 1. The molecule has 0 unspecified atom stereocenters. The molecular formula is C12H8O3. The van der Waals surface area contributed by atoms with Crippen LogP contribution in [-0.2, 0) is 11.3 Å². The van der Waals surface area contributed by atoms with Crippen molar-refractivity contribution in [1.82, 2.24) is 0 Å². The molecule has 0 radical (unpaired) electrons. The molecule has 1 aliphatic heterocycles. The van der Waals surface area contributed by atoms with E-state index in [1.165, 1.54) is 6.07 Å². The van der Waals surface area contributed by atoms with Crippen molar-refractivity contribution < 1.29 is 14.6 Å². The first-order valence-corrected chi connectivity index (χ1v) is 4.68. The van der Waals surface area contributed by atoms with Crippen molar-refractivity contribution in [3.63, 3.8) is 0 Å². The molecule has 3 nitrogen and oxygen atoms in total. The summed E-state index contributed by atoms with van der Waals surface area (Å²) >= 11 is 0. The van der Waals surface area contributed by atoms with Crippen LogP contribution < -0.4 is 0 Å². The molecule has 3 heteroatoms. The molecule has 0 aliphatic carbocycles. The van der Waals surface area contributed by atoms with E-state index in [0.29, 0.717) is 0 Å². The Hall–Kier alpha value is -2.03. The van der Waals surface area contributed by atoms with Gasteiger partial charge in [-0.05, 0) is 17.0 Å². The molecular weight excluding hydrogens is 192 g/mol. The normalized spacial score (nSPS) is 14.0. The average Bonchev–Trinajstić information content (AvgIpc) is 2.25. The van der Waals surface area contributed by atoms with E-state index in [0.717, 1.165) is 16.3 Å². The van der Waals surface area contributed by atoms with Gasteiger partial charge >= 0.3 is 5.97 Å². The first kappa shape index (κ1) is 8.29. The maximum atomic E-state index is 11.5. The fraction of sp³-hybridized carbons (Fsp3) is 0.0833. The van der Waals surface area contributed by atoms with Gasteiger partial charge in [0.1, 0.15) is 17.9 Å². The lowest BCUT2D eigenvalue weighted by atomic mass is 9.97. The smallest absolute Gasteiger partial charge is 0.342 e. The molecule has 2 aromatic rings. The fourth-order valence-electron chi connectivity index (χ4n) is 1.99. The van der Waals surface area contributed by atoms with Crippen LogP contribution in [0.4, 0.5) is 0 Å². The van der Waals surface area contributed by atoms with Crippen LogP contribution in [0.5, 0.6) is 5.75 Å². The van der Waals surface area contributed by atoms with Crippen molar-refractivity contribution >= 4 is 16.7 Å². The Morgan fingerprint density at radius 3 is 2.93 bits per heavy atom. The third kappa shape index (κ3) is 1.03. The third-order valence-corrected chi connectivity index (χ3v) is 2.67. The van der Waals surface area contributed by atoms with Crippen LogP contribution in [0.2, 0.25) is 0 Å². The molecule has 0 fully saturated rings. The maximum absolute atomic E-state index is 11.5. The van der Waals surface area contributed by atoms with Crippen LogP contribution in [0.3, 0.4) is 0 Å². The number of hydrogen-bond acceptors (Lipinski definition) is 3. The number of hydrogen-bond donors (Lipinski definition) is 1. The van der Waals surface area contributed by atoms with Gasteiger partial charge in [-0.1, -0.05) is 24.3 Å². The third-order valence-electron chi connectivity index (χ3n) is 2.67. The fourth-order valence-corrected chi connectivity index (χ4v) is 1.99. The summed E-state index contributed by atoms with van der Waals surface area (Å²) in [6.45, 7) is 0.284. The minimum absolute atomic E-state index is 0.0142. The van der Waals surface area contributed by atoms with Crippen molar-refractivity contribution in [2.24, 2.45) is 0 Å². The zero-order valence-electron chi connectivity index (χ0n) is 7.86. The van der Waals surface area contributed by atoms with E-state index < -0.39 is 5.97 Å². The molecule has 2 aromatic carbocycles. The van der Waals surface area contributed by atoms with Gasteiger partial charge in [-0.25, -0.2) is 4.79 Å². The number of benzene rings is 2. The highest BCUT2D eigenvalue weighted by Crippen LogP contribution is 2.33. The maximum Gasteiger partial charge on any atom is 0.342 e. The molecule has 0 saturated carbocycles. The van der Waals surface area contributed by atoms with Gasteiger partial charge < -0.3 is 9.84 Å². The van der Waals surface area contributed by atoms with Crippen LogP contribution >= 0.6 is 0 Å². The lowest BCUT2D eigenvalue weighted by Crippen LogP contribution is -2.12. The summed E-state index contributed by atoms with van der Waals surface area (Å²) in [5.41, 5.74) is 1.23. The van der Waals surface area contributed by atoms with E-state index >= 15 is 0 Å². The standard InChI is InChI=1S/C12H8O3/c13-9-5-4-7-2-1-3-8-6-15-12(14)11(9)10(7)8/h1-5,13H,6H2. The Balaban J connectivity index is 2.55. The molecule has 1 aliphatic rings. The van der Waals surface area contributed by atoms with Crippen molar-refractivity contribution in [1.29, 1.82) is 0 Å². The number of phenols is 1. The number of carbonyl (C=O) groups excluding carboxylic acids is 1. The second-order valence-electron chi connectivity index (χ2n) is 3.55. The van der Waals surface area contributed by atoms with E-state index in [2.05, 4.69) is 0 Å². The van der Waals surface area contributed by atoms with Gasteiger partial charge in [0.2, 0.25) is 0 Å². The number of phenolic OH excluding ortho intramolecular Hbond substituents is 1. The van der Waals surface area contributed by atoms with Gasteiger partial charge in [0.25, 0.3) is 0 Å². The average molecular weight is 200 g/mol. The Morgan fingerprint density at radius 2 is 2.07 bits per heavy atom. The number of carbonyl (C=O) groups is 1. The highest BCUT2D eigenvalue weighted by molar-refractivity contribution is 6.09. The summed E-state index contributed by atoms with van der Waals surface area (Å²) in [5, 5.41) is 11.4. The lowest BCUT2D eigenvalue weighted by Gasteiger charge is -2.17. The predicted molar refractivity (Wildman–Crippen MR) is 54.7 cm³/mol. The summed E-state index contributed by atoms with van der Waals surface area (Å²) in [4.78, 5) is 11.5. The molecule has 0 atom stereocenters. The van der Waals surface area contributed by atoms with E-state index in [9.17, 15) is 9.90 Å². The summed E-state index contributed by atoms with van der Waals surface area (Å²) in [6.07, 6.45) is 0. The summed E-state index contributed by atoms with van der Waals surface area (Å²) in [5.74, 6) is -0.462. The molecule has 0 spiro atoms. The molecule has 3 rings (SSSR count). The zero-order valence-corrected chi connectivity index (χ0v) is 7.86. The minimum Gasteiger partial charge on any atom is -0.507 e. The topological polar surface area (TPSA) is 46.5 Å². The summed E-state index contributed by atoms with van der Waals surface area (Å²) < 4.78 is 4.98. The quantitative estimate of drug-likeness (QED) is 0.663. The van der Waals surface area contributed by atoms with Gasteiger partial charge in [0, 0.05) is 5.39 Å². The van der Waals surface area contributed by atoms with Crippen molar-refractivity contribution in [3.8, 4) is 5.75 Å². The first-order valence-electron chi connectivity index (χ1n) is 4.68. The highest BCUT2D eigenvalue weighted by atomic mass is 16.5. The van der Waals surface area contributed by atoms with Gasteiger partial charge in [0.05, 0.1) is 0 Å². The summed E-state index contributed by atoms with van der Waals surface area (Å²) in [6, 6.07) is 9.06. The molecule has 0 aromatic heterocycles. The van der Waals surface area contributed by atoms with E-state index in [-0.39, 0.29) is 17.9 Å². The second kappa shape index (κ2) is 2.73. The van der Waals surface area contributed by atoms with Gasteiger partial charge in [-0.3, -0.25) is 0 Å². The zero-order chi connectivity index (χ0) is 10.4. The van der Waals surface area contributed by atoms with E-state index in [1.807, 2.05) is 18.2 Å². The Morgan fingerprint density at radius 1 is 1.20 bits per heavy atom. The molecule has 0 amide bonds. The van der Waals surface area contributed by atoms with Crippen molar-refractivity contribution in [2.45, 2.75) is 6.61 Å². The Bertz CT molecular complexity index is 572. The van der Waals surface area contributed by atoms with Crippen LogP contribution in [0.1, 0.15) is 15.9 Å². The number of rotatable bonds is 0. The SMILES string of the molecule is O=C1OCc2cccc3ccc(O)c1c23. The van der Waals surface area contributed by atoms with Crippen LogP contribution in [0.15, 0.2) is 30.3 Å². The molecule has 0 saturated heterocycles. The van der Waals surface area contributed by atoms with E-state index in [1.54, 1.807) is 6.07 Å². The predicted octanol–water partition coefficient (Wildman–Crippen LogP) is 2.22. The monoisotopic (exact) mass is 200 g/mol. The minimum atomic E-state index is -0.447. The first-order chi connectivity index (χ1) is 7.27. The second-order valence-corrected chi connectivity index (χ2v) is 3.55. The molecule has 0 bridgehead atoms. The Kier molecular flexibility index (Phi) is 1.51. The van der Waals surface area contributed by atoms with Gasteiger partial charge in [-0.2, -0.15) is 0 Å². The van der Waals surface area contributed by atoms with Crippen LogP contribution in [0, 0.1) is 0 Å². The molecule has 1 heterocycles. The van der Waals surface area contributed by atoms with Crippen molar-refractivity contribution in [2.75, 3.05) is 0 Å². The lowest BCUT2D eigenvalue weighted by molar-refractivity contribution is 0.0460. The summed E-state index contributed by atoms with van der Waals surface area (Å²) in [7, 11) is 0. The van der Waals surface area contributed by atoms with Crippen molar-refractivity contribution in [3.05, 3.63) is 41.5 Å². The number of cyclic esters (lactones) is 1. The largest absolute Gasteiger partial charge is 0.507 e. The van der Waals surface area contributed by atoms with Crippen LogP contribution in [0.25, 0.3) is 10.8 Å². The van der Waals surface area contributed by atoms with Crippen LogP contribution in [-0.4, -0.2) is 11.1 Å². The van der Waals surface area contributed by atoms with Gasteiger partial charge in [-0.15, -0.1) is 0 Å². The molecule has 74 valence electrons. The number of ether oxygens (including phenoxy) is 1. The molecule has 1 N–H and O–H groups in total. The molecule has 15 heavy (non-hydrogen) atoms. The Labute approximate surface area is 85.9 Å². The van der Waals surface area contributed by atoms with E-state index in [4.69, 9.17) is 4.74 Å².